The Bertz CT molecular complexity index is 800. The average molecular weight is 294 g/mol. The highest BCUT2D eigenvalue weighted by Crippen LogP contribution is 2.53. The van der Waals surface area contributed by atoms with E-state index in [0.29, 0.717) is 12.8 Å². The Morgan fingerprint density at radius 3 is 3.00 bits per heavy atom. The molecule has 3 aliphatic rings. The number of fused-ring (bicyclic) bond motifs is 4. The van der Waals surface area contributed by atoms with Crippen molar-refractivity contribution in [1.29, 1.82) is 0 Å². The lowest BCUT2D eigenvalue weighted by Gasteiger charge is -2.40. The minimum atomic E-state index is 0.316. The SMILES string of the molecule is CN1CCc2cc3c(c4c2C1Cc1cc(N)ccc1-4)OCO3. The van der Waals surface area contributed by atoms with Crippen molar-refractivity contribution in [2.75, 3.05) is 26.1 Å². The minimum Gasteiger partial charge on any atom is -0.454 e. The highest BCUT2D eigenvalue weighted by molar-refractivity contribution is 5.84. The van der Waals surface area contributed by atoms with Crippen molar-refractivity contribution >= 4 is 5.69 Å². The van der Waals surface area contributed by atoms with Crippen molar-refractivity contribution in [2.45, 2.75) is 18.9 Å². The van der Waals surface area contributed by atoms with Crippen LogP contribution in [0.15, 0.2) is 24.3 Å². The third kappa shape index (κ3) is 1.50. The Morgan fingerprint density at radius 1 is 1.18 bits per heavy atom. The number of rotatable bonds is 0. The molecule has 0 aromatic heterocycles. The van der Waals surface area contributed by atoms with Crippen molar-refractivity contribution in [1.82, 2.24) is 4.90 Å². The van der Waals surface area contributed by atoms with Gasteiger partial charge in [-0.2, -0.15) is 0 Å². The van der Waals surface area contributed by atoms with E-state index in [1.54, 1.807) is 0 Å². The fourth-order valence-corrected chi connectivity index (χ4v) is 4.13. The maximum absolute atomic E-state index is 6.01. The van der Waals surface area contributed by atoms with Crippen molar-refractivity contribution < 1.29 is 9.47 Å². The molecule has 2 aromatic carbocycles. The lowest BCUT2D eigenvalue weighted by molar-refractivity contribution is 0.174. The second kappa shape index (κ2) is 4.17. The molecule has 0 fully saturated rings. The molecule has 1 atom stereocenters. The van der Waals surface area contributed by atoms with E-state index < -0.39 is 0 Å². The fourth-order valence-electron chi connectivity index (χ4n) is 4.13. The molecule has 5 rings (SSSR count). The molecule has 2 aliphatic heterocycles. The minimum absolute atomic E-state index is 0.316. The molecule has 0 radical (unpaired) electrons. The van der Waals surface area contributed by atoms with Gasteiger partial charge in [-0.05, 0) is 60.3 Å². The van der Waals surface area contributed by atoms with Gasteiger partial charge in [-0.15, -0.1) is 0 Å². The number of likely N-dealkylation sites (N-methyl/N-ethyl adjacent to an activating group) is 1. The van der Waals surface area contributed by atoms with Crippen molar-refractivity contribution in [3.63, 3.8) is 0 Å². The molecule has 1 aliphatic carbocycles. The van der Waals surface area contributed by atoms with Gasteiger partial charge in [0.25, 0.3) is 0 Å². The number of ether oxygens (including phenoxy) is 2. The summed E-state index contributed by atoms with van der Waals surface area (Å²) in [5.41, 5.74) is 13.4. The molecule has 0 saturated carbocycles. The van der Waals surface area contributed by atoms with Crippen LogP contribution in [0.5, 0.6) is 11.5 Å². The zero-order valence-corrected chi connectivity index (χ0v) is 12.6. The van der Waals surface area contributed by atoms with E-state index in [2.05, 4.69) is 30.1 Å². The molecular formula is C18H18N2O2. The lowest BCUT2D eigenvalue weighted by atomic mass is 9.76. The molecule has 112 valence electrons. The van der Waals surface area contributed by atoms with Gasteiger partial charge in [-0.25, -0.2) is 0 Å². The summed E-state index contributed by atoms with van der Waals surface area (Å²) >= 11 is 0. The monoisotopic (exact) mass is 294 g/mol. The number of hydrogen-bond acceptors (Lipinski definition) is 4. The zero-order chi connectivity index (χ0) is 14.8. The van der Waals surface area contributed by atoms with Gasteiger partial charge in [0, 0.05) is 23.8 Å². The van der Waals surface area contributed by atoms with Gasteiger partial charge in [0.1, 0.15) is 0 Å². The first kappa shape index (κ1) is 12.4. The summed E-state index contributed by atoms with van der Waals surface area (Å²) in [7, 11) is 2.21. The summed E-state index contributed by atoms with van der Waals surface area (Å²) in [6, 6.07) is 8.81. The summed E-state index contributed by atoms with van der Waals surface area (Å²) in [5.74, 6) is 1.80. The summed E-state index contributed by atoms with van der Waals surface area (Å²) in [5, 5.41) is 0. The van der Waals surface area contributed by atoms with E-state index in [0.717, 1.165) is 36.6 Å². The Morgan fingerprint density at radius 2 is 2.09 bits per heavy atom. The Hall–Kier alpha value is -2.20. The van der Waals surface area contributed by atoms with Crippen molar-refractivity contribution in [3.05, 3.63) is 41.0 Å². The molecule has 0 saturated heterocycles. The van der Waals surface area contributed by atoms with Crippen LogP contribution in [-0.4, -0.2) is 25.3 Å². The number of anilines is 1. The van der Waals surface area contributed by atoms with Gasteiger partial charge < -0.3 is 15.2 Å². The average Bonchev–Trinajstić information content (AvgIpc) is 2.98. The van der Waals surface area contributed by atoms with Crippen LogP contribution in [0.1, 0.15) is 22.7 Å². The first-order valence-electron chi connectivity index (χ1n) is 7.77. The smallest absolute Gasteiger partial charge is 0.231 e. The number of benzene rings is 2. The van der Waals surface area contributed by atoms with E-state index in [4.69, 9.17) is 15.2 Å². The summed E-state index contributed by atoms with van der Waals surface area (Å²) in [4.78, 5) is 2.44. The Kier molecular flexibility index (Phi) is 2.34. The van der Waals surface area contributed by atoms with E-state index in [1.165, 1.54) is 27.8 Å². The van der Waals surface area contributed by atoms with Crippen LogP contribution in [0.25, 0.3) is 11.1 Å². The number of nitrogens with two attached hydrogens (primary N) is 1. The van der Waals surface area contributed by atoms with Crippen LogP contribution in [0.2, 0.25) is 0 Å². The van der Waals surface area contributed by atoms with E-state index in [-0.39, 0.29) is 0 Å². The first-order valence-corrected chi connectivity index (χ1v) is 7.77. The molecule has 4 nitrogen and oxygen atoms in total. The fraction of sp³-hybridized carbons (Fsp3) is 0.333. The highest BCUT2D eigenvalue weighted by Gasteiger charge is 2.37. The second-order valence-corrected chi connectivity index (χ2v) is 6.43. The maximum Gasteiger partial charge on any atom is 0.231 e. The molecular weight excluding hydrogens is 276 g/mol. The molecule has 0 amide bonds. The van der Waals surface area contributed by atoms with E-state index in [9.17, 15) is 0 Å². The van der Waals surface area contributed by atoms with Crippen LogP contribution < -0.4 is 15.2 Å². The van der Waals surface area contributed by atoms with E-state index in [1.807, 2.05) is 6.07 Å². The Balaban J connectivity index is 1.87. The third-order valence-corrected chi connectivity index (χ3v) is 5.20. The maximum atomic E-state index is 6.01. The predicted molar refractivity (Wildman–Crippen MR) is 85.2 cm³/mol. The third-order valence-electron chi connectivity index (χ3n) is 5.20. The number of nitrogens with zero attached hydrogens (tertiary/aromatic N) is 1. The van der Waals surface area contributed by atoms with Gasteiger partial charge in [0.15, 0.2) is 11.5 Å². The quantitative estimate of drug-likeness (QED) is 0.759. The molecule has 0 spiro atoms. The molecule has 2 N–H and O–H groups in total. The van der Waals surface area contributed by atoms with Gasteiger partial charge in [-0.1, -0.05) is 6.07 Å². The predicted octanol–water partition coefficient (Wildman–Crippen LogP) is 2.75. The molecule has 2 aromatic rings. The van der Waals surface area contributed by atoms with Gasteiger partial charge in [-0.3, -0.25) is 4.90 Å². The van der Waals surface area contributed by atoms with Gasteiger partial charge >= 0.3 is 0 Å². The zero-order valence-electron chi connectivity index (χ0n) is 12.6. The van der Waals surface area contributed by atoms with Gasteiger partial charge in [0.05, 0.1) is 0 Å². The summed E-state index contributed by atoms with van der Waals surface area (Å²) in [6.07, 6.45) is 2.08. The standard InChI is InChI=1S/C18H18N2O2/c1-20-5-4-10-8-15-18(22-9-21-15)17-13-3-2-12(19)6-11(13)7-14(20)16(10)17/h2-3,6,8,14H,4-5,7,9,19H2,1H3. The van der Waals surface area contributed by atoms with Crippen LogP contribution in [-0.2, 0) is 12.8 Å². The Labute approximate surface area is 129 Å². The van der Waals surface area contributed by atoms with Crippen LogP contribution in [0, 0.1) is 0 Å². The van der Waals surface area contributed by atoms with Gasteiger partial charge in [0.2, 0.25) is 6.79 Å². The van der Waals surface area contributed by atoms with Crippen LogP contribution in [0.4, 0.5) is 5.69 Å². The number of hydrogen-bond donors (Lipinski definition) is 1. The first-order chi connectivity index (χ1) is 10.7. The number of nitrogen functional groups attached to an aromatic ring is 1. The van der Waals surface area contributed by atoms with E-state index >= 15 is 0 Å². The normalized spacial score (nSPS) is 21.4. The summed E-state index contributed by atoms with van der Waals surface area (Å²) < 4.78 is 11.5. The molecule has 0 bridgehead atoms. The van der Waals surface area contributed by atoms with Crippen LogP contribution >= 0.6 is 0 Å². The molecule has 4 heteroatoms. The van der Waals surface area contributed by atoms with Crippen molar-refractivity contribution in [3.8, 4) is 22.6 Å². The largest absolute Gasteiger partial charge is 0.454 e. The van der Waals surface area contributed by atoms with Crippen LogP contribution in [0.3, 0.4) is 0 Å². The molecule has 2 heterocycles. The molecule has 22 heavy (non-hydrogen) atoms. The molecule has 1 unspecified atom stereocenters. The second-order valence-electron chi connectivity index (χ2n) is 6.43. The topological polar surface area (TPSA) is 47.7 Å². The summed E-state index contributed by atoms with van der Waals surface area (Å²) in [6.45, 7) is 1.39. The highest BCUT2D eigenvalue weighted by atomic mass is 16.7. The van der Waals surface area contributed by atoms with Crippen molar-refractivity contribution in [2.24, 2.45) is 0 Å². The lowest BCUT2D eigenvalue weighted by Crippen LogP contribution is -2.35.